The SMILES string of the molecule is CCC(C)C(NC(=O)/C=C/c1ccc(C)s1)C(=O)O. The van der Waals surface area contributed by atoms with Crippen LogP contribution in [0.4, 0.5) is 0 Å². The molecule has 2 atom stereocenters. The minimum atomic E-state index is -0.997. The lowest BCUT2D eigenvalue weighted by atomic mass is 9.99. The normalized spacial score (nSPS) is 14.3. The summed E-state index contributed by atoms with van der Waals surface area (Å²) < 4.78 is 0. The molecule has 2 N–H and O–H groups in total. The Morgan fingerprint density at radius 2 is 2.16 bits per heavy atom. The molecule has 0 aliphatic heterocycles. The zero-order valence-electron chi connectivity index (χ0n) is 11.3. The lowest BCUT2D eigenvalue weighted by Gasteiger charge is -2.19. The maximum atomic E-state index is 11.7. The van der Waals surface area contributed by atoms with Crippen LogP contribution in [0.15, 0.2) is 18.2 Å². The van der Waals surface area contributed by atoms with E-state index in [2.05, 4.69) is 5.32 Å². The van der Waals surface area contributed by atoms with Gasteiger partial charge in [0.05, 0.1) is 0 Å². The summed E-state index contributed by atoms with van der Waals surface area (Å²) in [6.45, 7) is 5.70. The quantitative estimate of drug-likeness (QED) is 0.788. The monoisotopic (exact) mass is 281 g/mol. The highest BCUT2D eigenvalue weighted by molar-refractivity contribution is 7.12. The first-order valence-corrected chi connectivity index (χ1v) is 7.03. The van der Waals surface area contributed by atoms with Crippen molar-refractivity contribution in [1.82, 2.24) is 5.32 Å². The van der Waals surface area contributed by atoms with E-state index < -0.39 is 12.0 Å². The van der Waals surface area contributed by atoms with E-state index in [0.717, 1.165) is 4.88 Å². The number of rotatable bonds is 6. The summed E-state index contributed by atoms with van der Waals surface area (Å²) >= 11 is 1.58. The summed E-state index contributed by atoms with van der Waals surface area (Å²) in [6.07, 6.45) is 3.77. The van der Waals surface area contributed by atoms with Crippen molar-refractivity contribution < 1.29 is 14.7 Å². The number of carboxylic acid groups (broad SMARTS) is 1. The molecule has 0 aliphatic rings. The van der Waals surface area contributed by atoms with E-state index in [1.807, 2.05) is 32.9 Å². The standard InChI is InChI=1S/C14H19NO3S/c1-4-9(2)13(14(17)18)15-12(16)8-7-11-6-5-10(3)19-11/h5-9,13H,4H2,1-3H3,(H,15,16)(H,17,18)/b8-7+. The Hall–Kier alpha value is -1.62. The van der Waals surface area contributed by atoms with Crippen LogP contribution in [0.5, 0.6) is 0 Å². The van der Waals surface area contributed by atoms with Crippen molar-refractivity contribution in [2.75, 3.05) is 0 Å². The zero-order valence-corrected chi connectivity index (χ0v) is 12.2. The second-order valence-corrected chi connectivity index (χ2v) is 5.81. The minimum Gasteiger partial charge on any atom is -0.480 e. The lowest BCUT2D eigenvalue weighted by molar-refractivity contribution is -0.142. The van der Waals surface area contributed by atoms with E-state index in [9.17, 15) is 9.59 Å². The van der Waals surface area contributed by atoms with Crippen LogP contribution in [0.3, 0.4) is 0 Å². The average molecular weight is 281 g/mol. The van der Waals surface area contributed by atoms with Gasteiger partial charge >= 0.3 is 5.97 Å². The highest BCUT2D eigenvalue weighted by Crippen LogP contribution is 2.16. The minimum absolute atomic E-state index is 0.0983. The fraction of sp³-hybridized carbons (Fsp3) is 0.429. The van der Waals surface area contributed by atoms with E-state index in [-0.39, 0.29) is 11.8 Å². The Labute approximate surface area is 117 Å². The molecule has 1 heterocycles. The van der Waals surface area contributed by atoms with Crippen molar-refractivity contribution in [3.63, 3.8) is 0 Å². The zero-order chi connectivity index (χ0) is 14.4. The third-order valence-corrected chi connectivity index (χ3v) is 3.90. The molecule has 0 saturated heterocycles. The molecule has 0 bridgehead atoms. The van der Waals surface area contributed by atoms with E-state index in [4.69, 9.17) is 5.11 Å². The summed E-state index contributed by atoms with van der Waals surface area (Å²) in [5.41, 5.74) is 0. The first kappa shape index (κ1) is 15.4. The maximum Gasteiger partial charge on any atom is 0.326 e. The number of carbonyl (C=O) groups excluding carboxylic acids is 1. The molecule has 19 heavy (non-hydrogen) atoms. The van der Waals surface area contributed by atoms with Crippen LogP contribution in [-0.2, 0) is 9.59 Å². The predicted octanol–water partition coefficient (Wildman–Crippen LogP) is 2.69. The van der Waals surface area contributed by atoms with Gasteiger partial charge in [-0.15, -0.1) is 11.3 Å². The maximum absolute atomic E-state index is 11.7. The Morgan fingerprint density at radius 1 is 1.47 bits per heavy atom. The summed E-state index contributed by atoms with van der Waals surface area (Å²) in [7, 11) is 0. The van der Waals surface area contributed by atoms with Gasteiger partial charge in [-0.1, -0.05) is 20.3 Å². The molecule has 0 spiro atoms. The Bertz CT molecular complexity index is 479. The highest BCUT2D eigenvalue weighted by Gasteiger charge is 2.24. The van der Waals surface area contributed by atoms with Crippen LogP contribution in [-0.4, -0.2) is 23.0 Å². The van der Waals surface area contributed by atoms with Crippen LogP contribution in [0.1, 0.15) is 30.0 Å². The summed E-state index contributed by atoms with van der Waals surface area (Å²) in [6, 6.07) is 3.06. The lowest BCUT2D eigenvalue weighted by Crippen LogP contribution is -2.44. The number of amides is 1. The van der Waals surface area contributed by atoms with Gasteiger partial charge in [-0.25, -0.2) is 4.79 Å². The van der Waals surface area contributed by atoms with Gasteiger partial charge in [0.1, 0.15) is 6.04 Å². The molecule has 1 aromatic rings. The molecule has 0 aromatic carbocycles. The molecule has 2 unspecified atom stereocenters. The van der Waals surface area contributed by atoms with Crippen LogP contribution in [0.25, 0.3) is 6.08 Å². The van der Waals surface area contributed by atoms with Gasteiger partial charge in [0.15, 0.2) is 0 Å². The van der Waals surface area contributed by atoms with Crippen LogP contribution >= 0.6 is 11.3 Å². The Morgan fingerprint density at radius 3 is 2.63 bits per heavy atom. The third kappa shape index (κ3) is 4.87. The van der Waals surface area contributed by atoms with Crippen LogP contribution < -0.4 is 5.32 Å². The molecule has 4 nitrogen and oxygen atoms in total. The average Bonchev–Trinajstić information content (AvgIpc) is 2.78. The summed E-state index contributed by atoms with van der Waals surface area (Å²) in [5.74, 6) is -1.47. The first-order chi connectivity index (χ1) is 8.93. The fourth-order valence-electron chi connectivity index (χ4n) is 1.59. The third-order valence-electron chi connectivity index (χ3n) is 2.94. The van der Waals surface area contributed by atoms with Gasteiger partial charge in [-0.2, -0.15) is 0 Å². The second kappa shape index (κ2) is 7.09. The molecule has 0 aliphatic carbocycles. The van der Waals surface area contributed by atoms with Crippen LogP contribution in [0, 0.1) is 12.8 Å². The van der Waals surface area contributed by atoms with E-state index >= 15 is 0 Å². The van der Waals surface area contributed by atoms with Crippen molar-refractivity contribution in [2.24, 2.45) is 5.92 Å². The number of thiophene rings is 1. The molecule has 1 rings (SSSR count). The van der Waals surface area contributed by atoms with Gasteiger partial charge in [0, 0.05) is 15.8 Å². The number of hydrogen-bond donors (Lipinski definition) is 2. The van der Waals surface area contributed by atoms with Crippen molar-refractivity contribution in [3.05, 3.63) is 28.0 Å². The van der Waals surface area contributed by atoms with Crippen LogP contribution in [0.2, 0.25) is 0 Å². The molecule has 0 fully saturated rings. The molecule has 0 radical (unpaired) electrons. The number of hydrogen-bond acceptors (Lipinski definition) is 3. The van der Waals surface area contributed by atoms with E-state index in [0.29, 0.717) is 6.42 Å². The molecule has 1 aromatic heterocycles. The van der Waals surface area contributed by atoms with Gasteiger partial charge in [-0.3, -0.25) is 4.79 Å². The Balaban J connectivity index is 2.62. The predicted molar refractivity (Wildman–Crippen MR) is 77.1 cm³/mol. The van der Waals surface area contributed by atoms with Crippen molar-refractivity contribution in [2.45, 2.75) is 33.2 Å². The van der Waals surface area contributed by atoms with Gasteiger partial charge in [0.2, 0.25) is 5.91 Å². The molecular formula is C14H19NO3S. The first-order valence-electron chi connectivity index (χ1n) is 6.21. The van der Waals surface area contributed by atoms with E-state index in [1.165, 1.54) is 11.0 Å². The molecular weight excluding hydrogens is 262 g/mol. The topological polar surface area (TPSA) is 66.4 Å². The van der Waals surface area contributed by atoms with Crippen molar-refractivity contribution >= 4 is 29.3 Å². The summed E-state index contributed by atoms with van der Waals surface area (Å²) in [4.78, 5) is 24.9. The summed E-state index contributed by atoms with van der Waals surface area (Å²) in [5, 5.41) is 11.6. The second-order valence-electron chi connectivity index (χ2n) is 4.49. The van der Waals surface area contributed by atoms with Gasteiger partial charge < -0.3 is 10.4 Å². The molecule has 1 amide bonds. The number of carboxylic acids is 1. The van der Waals surface area contributed by atoms with Gasteiger partial charge in [-0.05, 0) is 31.1 Å². The number of aryl methyl sites for hydroxylation is 1. The number of carbonyl (C=O) groups is 2. The van der Waals surface area contributed by atoms with E-state index in [1.54, 1.807) is 17.4 Å². The smallest absolute Gasteiger partial charge is 0.326 e. The van der Waals surface area contributed by atoms with Gasteiger partial charge in [0.25, 0.3) is 0 Å². The highest BCUT2D eigenvalue weighted by atomic mass is 32.1. The number of nitrogens with one attached hydrogen (secondary N) is 1. The van der Waals surface area contributed by atoms with Crippen molar-refractivity contribution in [3.8, 4) is 0 Å². The molecule has 5 heteroatoms. The molecule has 104 valence electrons. The van der Waals surface area contributed by atoms with Crippen molar-refractivity contribution in [1.29, 1.82) is 0 Å². The fourth-order valence-corrected chi connectivity index (χ4v) is 2.37. The Kier molecular flexibility index (Phi) is 5.76. The molecule has 0 saturated carbocycles. The number of aliphatic carboxylic acids is 1. The largest absolute Gasteiger partial charge is 0.480 e.